The van der Waals surface area contributed by atoms with Gasteiger partial charge in [-0.1, -0.05) is 41.9 Å². The van der Waals surface area contributed by atoms with Crippen LogP contribution in [0.1, 0.15) is 11.1 Å². The number of rotatable bonds is 5. The Labute approximate surface area is 161 Å². The van der Waals surface area contributed by atoms with E-state index in [1.807, 2.05) is 30.3 Å². The van der Waals surface area contributed by atoms with Crippen LogP contribution < -0.4 is 5.32 Å². The number of hydrogen-bond acceptors (Lipinski definition) is 4. The second-order valence-corrected chi connectivity index (χ2v) is 6.84. The zero-order valence-corrected chi connectivity index (χ0v) is 15.2. The molecule has 3 nitrogen and oxygen atoms in total. The summed E-state index contributed by atoms with van der Waals surface area (Å²) >= 11 is 7.00. The molecule has 0 saturated heterocycles. The molecule has 1 aromatic heterocycles. The van der Waals surface area contributed by atoms with Gasteiger partial charge < -0.3 is 5.32 Å². The lowest BCUT2D eigenvalue weighted by Crippen LogP contribution is -2.09. The lowest BCUT2D eigenvalue weighted by Gasteiger charge is -2.11. The van der Waals surface area contributed by atoms with E-state index in [9.17, 15) is 17.6 Å². The van der Waals surface area contributed by atoms with Crippen LogP contribution in [0.2, 0.25) is 5.15 Å². The summed E-state index contributed by atoms with van der Waals surface area (Å²) in [6.07, 6.45) is -4.10. The maximum absolute atomic E-state index is 14.3. The van der Waals surface area contributed by atoms with Crippen LogP contribution in [0.3, 0.4) is 0 Å². The van der Waals surface area contributed by atoms with Crippen LogP contribution in [-0.4, -0.2) is 9.97 Å². The highest BCUT2D eigenvalue weighted by Gasteiger charge is 2.34. The summed E-state index contributed by atoms with van der Waals surface area (Å²) in [5, 5.41) is 1.78. The number of nitrogens with zero attached hydrogens (tertiary/aromatic N) is 2. The number of thioether (sulfide) groups is 1. The standard InChI is InChI=1S/C18H12ClF4N3S/c19-16-13(18(21,22)23)9-24-17(26-16)25-15-7-6-12(8-14(15)20)27-10-11-4-2-1-3-5-11/h1-9H,10H2,(H,24,25,26). The number of halogens is 5. The number of nitrogens with one attached hydrogen (secondary N) is 1. The summed E-state index contributed by atoms with van der Waals surface area (Å²) in [6.45, 7) is 0. The molecule has 0 aliphatic heterocycles. The van der Waals surface area contributed by atoms with Gasteiger partial charge in [0.05, 0.1) is 5.69 Å². The van der Waals surface area contributed by atoms with Crippen molar-refractivity contribution in [2.45, 2.75) is 16.8 Å². The number of anilines is 2. The maximum atomic E-state index is 14.3. The Bertz CT molecular complexity index is 936. The fraction of sp³-hybridized carbons (Fsp3) is 0.111. The highest BCUT2D eigenvalue weighted by molar-refractivity contribution is 7.98. The zero-order valence-electron chi connectivity index (χ0n) is 13.6. The molecule has 0 amide bonds. The van der Waals surface area contributed by atoms with Gasteiger partial charge in [0.25, 0.3) is 0 Å². The number of aromatic nitrogens is 2. The van der Waals surface area contributed by atoms with Gasteiger partial charge in [-0.3, -0.25) is 0 Å². The van der Waals surface area contributed by atoms with Crippen LogP contribution in [0, 0.1) is 5.82 Å². The van der Waals surface area contributed by atoms with E-state index in [4.69, 9.17) is 11.6 Å². The number of hydrogen-bond donors (Lipinski definition) is 1. The molecule has 2 aromatic carbocycles. The Kier molecular flexibility index (Phi) is 5.86. The predicted molar refractivity (Wildman–Crippen MR) is 97.7 cm³/mol. The Morgan fingerprint density at radius 2 is 1.81 bits per heavy atom. The third-order valence-corrected chi connectivity index (χ3v) is 4.84. The molecule has 0 radical (unpaired) electrons. The largest absolute Gasteiger partial charge is 0.420 e. The molecule has 3 aromatic rings. The monoisotopic (exact) mass is 413 g/mol. The normalized spacial score (nSPS) is 11.4. The van der Waals surface area contributed by atoms with Crippen molar-refractivity contribution in [3.05, 3.63) is 76.8 Å². The van der Waals surface area contributed by atoms with Crippen LogP contribution in [-0.2, 0) is 11.9 Å². The molecular weight excluding hydrogens is 402 g/mol. The second-order valence-electron chi connectivity index (χ2n) is 5.44. The lowest BCUT2D eigenvalue weighted by molar-refractivity contribution is -0.137. The molecule has 0 atom stereocenters. The topological polar surface area (TPSA) is 37.8 Å². The van der Waals surface area contributed by atoms with Crippen molar-refractivity contribution in [2.75, 3.05) is 5.32 Å². The number of benzene rings is 2. The minimum atomic E-state index is -4.65. The summed E-state index contributed by atoms with van der Waals surface area (Å²) in [5.41, 5.74) is -0.00404. The average molecular weight is 414 g/mol. The van der Waals surface area contributed by atoms with E-state index in [1.54, 1.807) is 6.07 Å². The van der Waals surface area contributed by atoms with Gasteiger partial charge in [-0.05, 0) is 23.8 Å². The van der Waals surface area contributed by atoms with Gasteiger partial charge in [-0.2, -0.15) is 13.2 Å². The minimum Gasteiger partial charge on any atom is -0.322 e. The third-order valence-electron chi connectivity index (χ3n) is 3.48. The molecule has 3 rings (SSSR count). The quantitative estimate of drug-likeness (QED) is 0.301. The summed E-state index contributed by atoms with van der Waals surface area (Å²) in [4.78, 5) is 7.78. The van der Waals surface area contributed by atoms with E-state index >= 15 is 0 Å². The highest BCUT2D eigenvalue weighted by atomic mass is 35.5. The molecule has 9 heteroatoms. The Balaban J connectivity index is 1.70. The van der Waals surface area contributed by atoms with Crippen molar-refractivity contribution in [1.82, 2.24) is 9.97 Å². The first-order valence-corrected chi connectivity index (χ1v) is 9.02. The molecule has 0 bridgehead atoms. The third kappa shape index (κ3) is 5.11. The average Bonchev–Trinajstić information content (AvgIpc) is 2.62. The molecule has 0 aliphatic rings. The Morgan fingerprint density at radius 3 is 2.44 bits per heavy atom. The smallest absolute Gasteiger partial charge is 0.322 e. The van der Waals surface area contributed by atoms with Crippen molar-refractivity contribution in [3.63, 3.8) is 0 Å². The van der Waals surface area contributed by atoms with E-state index < -0.39 is 22.7 Å². The van der Waals surface area contributed by atoms with Crippen molar-refractivity contribution < 1.29 is 17.6 Å². The molecule has 140 valence electrons. The maximum Gasteiger partial charge on any atom is 0.420 e. The second kappa shape index (κ2) is 8.14. The molecule has 1 N–H and O–H groups in total. The molecule has 0 spiro atoms. The van der Waals surface area contributed by atoms with E-state index in [1.165, 1.54) is 23.9 Å². The highest BCUT2D eigenvalue weighted by Crippen LogP contribution is 2.34. The van der Waals surface area contributed by atoms with E-state index in [-0.39, 0.29) is 11.6 Å². The van der Waals surface area contributed by atoms with Gasteiger partial charge in [-0.15, -0.1) is 11.8 Å². The van der Waals surface area contributed by atoms with E-state index in [2.05, 4.69) is 15.3 Å². The van der Waals surface area contributed by atoms with Gasteiger partial charge >= 0.3 is 6.18 Å². The molecule has 0 unspecified atom stereocenters. The Hall–Kier alpha value is -2.32. The van der Waals surface area contributed by atoms with Crippen LogP contribution in [0.5, 0.6) is 0 Å². The zero-order chi connectivity index (χ0) is 19.4. The van der Waals surface area contributed by atoms with Gasteiger partial charge in [-0.25, -0.2) is 14.4 Å². The van der Waals surface area contributed by atoms with E-state index in [0.29, 0.717) is 16.8 Å². The first-order valence-electron chi connectivity index (χ1n) is 7.66. The molecule has 0 aliphatic carbocycles. The summed E-state index contributed by atoms with van der Waals surface area (Å²) in [7, 11) is 0. The van der Waals surface area contributed by atoms with Gasteiger partial charge in [0.2, 0.25) is 5.95 Å². The summed E-state index contributed by atoms with van der Waals surface area (Å²) in [6, 6.07) is 14.2. The van der Waals surface area contributed by atoms with E-state index in [0.717, 1.165) is 5.56 Å². The van der Waals surface area contributed by atoms with Gasteiger partial charge in [0.15, 0.2) is 0 Å². The molecule has 0 saturated carbocycles. The predicted octanol–water partition coefficient (Wildman–Crippen LogP) is 6.32. The SMILES string of the molecule is Fc1cc(SCc2ccccc2)ccc1Nc1ncc(C(F)(F)F)c(Cl)n1. The van der Waals surface area contributed by atoms with Crippen molar-refractivity contribution in [1.29, 1.82) is 0 Å². The summed E-state index contributed by atoms with van der Waals surface area (Å²) < 4.78 is 52.3. The van der Waals surface area contributed by atoms with Crippen molar-refractivity contribution in [3.8, 4) is 0 Å². The van der Waals surface area contributed by atoms with Gasteiger partial charge in [0.1, 0.15) is 16.5 Å². The van der Waals surface area contributed by atoms with Crippen LogP contribution in [0.15, 0.2) is 59.6 Å². The molecule has 0 fully saturated rings. The minimum absolute atomic E-state index is 0.0369. The van der Waals surface area contributed by atoms with Crippen LogP contribution in [0.4, 0.5) is 29.2 Å². The van der Waals surface area contributed by atoms with Crippen LogP contribution >= 0.6 is 23.4 Å². The summed E-state index contributed by atoms with van der Waals surface area (Å²) in [5.74, 6) is -0.116. The van der Waals surface area contributed by atoms with Crippen molar-refractivity contribution in [2.24, 2.45) is 0 Å². The molecule has 1 heterocycles. The van der Waals surface area contributed by atoms with Gasteiger partial charge in [0, 0.05) is 16.8 Å². The van der Waals surface area contributed by atoms with Crippen LogP contribution in [0.25, 0.3) is 0 Å². The molecule has 27 heavy (non-hydrogen) atoms. The Morgan fingerprint density at radius 1 is 1.07 bits per heavy atom. The first-order chi connectivity index (χ1) is 12.8. The number of alkyl halides is 3. The first kappa shape index (κ1) is 19.4. The van der Waals surface area contributed by atoms with Crippen molar-refractivity contribution >= 4 is 35.0 Å². The molecular formula is C18H12ClF4N3S. The fourth-order valence-electron chi connectivity index (χ4n) is 2.16. The lowest BCUT2D eigenvalue weighted by atomic mass is 10.2. The fourth-order valence-corrected chi connectivity index (χ4v) is 3.27.